The van der Waals surface area contributed by atoms with Gasteiger partial charge in [-0.1, -0.05) is 18.0 Å². The Bertz CT molecular complexity index is 200. The van der Waals surface area contributed by atoms with E-state index in [1.807, 2.05) is 6.92 Å². The van der Waals surface area contributed by atoms with Gasteiger partial charge in [-0.15, -0.1) is 0 Å². The number of oxime groups is 1. The molecule has 1 aliphatic rings. The predicted molar refractivity (Wildman–Crippen MR) is 57.4 cm³/mol. The highest BCUT2D eigenvalue weighted by atomic mass is 16.4. The molecule has 1 rings (SSSR count). The number of rotatable bonds is 4. The van der Waals surface area contributed by atoms with Gasteiger partial charge in [-0.05, 0) is 32.6 Å². The zero-order valence-corrected chi connectivity index (χ0v) is 9.03. The van der Waals surface area contributed by atoms with Crippen molar-refractivity contribution in [2.75, 3.05) is 0 Å². The minimum absolute atomic E-state index is 0.0457. The molecule has 0 spiro atoms. The van der Waals surface area contributed by atoms with Crippen LogP contribution in [-0.4, -0.2) is 23.1 Å². The lowest BCUT2D eigenvalue weighted by molar-refractivity contribution is 0.311. The first-order valence-corrected chi connectivity index (χ1v) is 5.38. The minimum atomic E-state index is -0.0457. The van der Waals surface area contributed by atoms with E-state index in [-0.39, 0.29) is 11.9 Å². The second kappa shape index (κ2) is 5.20. The molecule has 0 bridgehead atoms. The minimum Gasteiger partial charge on any atom is -0.409 e. The van der Waals surface area contributed by atoms with Gasteiger partial charge in [0.25, 0.3) is 0 Å². The molecular formula is C10H21N3O. The number of amidine groups is 1. The molecule has 0 aromatic heterocycles. The summed E-state index contributed by atoms with van der Waals surface area (Å²) in [5.74, 6) is 1.01. The number of nitrogens with two attached hydrogens (primary N) is 1. The van der Waals surface area contributed by atoms with E-state index in [9.17, 15) is 0 Å². The number of hydrogen-bond acceptors (Lipinski definition) is 3. The lowest BCUT2D eigenvalue weighted by Crippen LogP contribution is -2.45. The molecule has 0 aromatic rings. The largest absolute Gasteiger partial charge is 0.409 e. The summed E-state index contributed by atoms with van der Waals surface area (Å²) in [7, 11) is 0. The Morgan fingerprint density at radius 2 is 2.00 bits per heavy atom. The van der Waals surface area contributed by atoms with Crippen molar-refractivity contribution in [1.82, 2.24) is 5.32 Å². The van der Waals surface area contributed by atoms with Gasteiger partial charge in [-0.2, -0.15) is 0 Å². The van der Waals surface area contributed by atoms with E-state index < -0.39 is 0 Å². The fourth-order valence-corrected chi connectivity index (χ4v) is 2.16. The third-order valence-corrected chi connectivity index (χ3v) is 3.18. The first-order valence-electron chi connectivity index (χ1n) is 5.38. The third kappa shape index (κ3) is 2.87. The summed E-state index contributed by atoms with van der Waals surface area (Å²) in [6.07, 6.45) is 5.29. The molecule has 0 radical (unpaired) electrons. The third-order valence-electron chi connectivity index (χ3n) is 3.18. The van der Waals surface area contributed by atoms with Crippen LogP contribution in [0.1, 0.15) is 39.5 Å². The molecule has 1 saturated carbocycles. The molecule has 1 aliphatic carbocycles. The van der Waals surface area contributed by atoms with E-state index in [0.29, 0.717) is 6.04 Å². The number of hydrogen-bond donors (Lipinski definition) is 3. The highest BCUT2D eigenvalue weighted by Crippen LogP contribution is 2.27. The first-order chi connectivity index (χ1) is 6.65. The van der Waals surface area contributed by atoms with Crippen molar-refractivity contribution in [2.24, 2.45) is 16.8 Å². The van der Waals surface area contributed by atoms with Crippen LogP contribution in [0.5, 0.6) is 0 Å². The molecule has 4 nitrogen and oxygen atoms in total. The van der Waals surface area contributed by atoms with Gasteiger partial charge in [0.05, 0.1) is 6.04 Å². The Balaban J connectivity index is 2.35. The Kier molecular flexibility index (Phi) is 4.20. The maximum atomic E-state index is 8.51. The Hall–Kier alpha value is -0.770. The average Bonchev–Trinajstić information content (AvgIpc) is 2.69. The van der Waals surface area contributed by atoms with Crippen molar-refractivity contribution >= 4 is 5.84 Å². The zero-order chi connectivity index (χ0) is 10.6. The molecule has 0 heterocycles. The van der Waals surface area contributed by atoms with E-state index >= 15 is 0 Å². The molecule has 2 unspecified atom stereocenters. The second-order valence-corrected chi connectivity index (χ2v) is 4.25. The van der Waals surface area contributed by atoms with E-state index in [4.69, 9.17) is 10.9 Å². The fraction of sp³-hybridized carbons (Fsp3) is 0.900. The van der Waals surface area contributed by atoms with Crippen LogP contribution >= 0.6 is 0 Å². The van der Waals surface area contributed by atoms with Crippen LogP contribution in [0.3, 0.4) is 0 Å². The van der Waals surface area contributed by atoms with Gasteiger partial charge in [-0.3, -0.25) is 0 Å². The molecular weight excluding hydrogens is 178 g/mol. The highest BCUT2D eigenvalue weighted by molar-refractivity contribution is 5.84. The maximum Gasteiger partial charge on any atom is 0.156 e. The quantitative estimate of drug-likeness (QED) is 0.276. The Morgan fingerprint density at radius 3 is 2.50 bits per heavy atom. The van der Waals surface area contributed by atoms with Crippen LogP contribution < -0.4 is 11.1 Å². The average molecular weight is 199 g/mol. The normalized spacial score (nSPS) is 23.7. The van der Waals surface area contributed by atoms with Crippen molar-refractivity contribution in [3.63, 3.8) is 0 Å². The molecule has 0 amide bonds. The lowest BCUT2D eigenvalue weighted by atomic mass is 9.99. The zero-order valence-electron chi connectivity index (χ0n) is 9.03. The summed E-state index contributed by atoms with van der Waals surface area (Å²) in [6.45, 7) is 4.09. The number of nitrogens with zero attached hydrogens (tertiary/aromatic N) is 1. The molecule has 0 aromatic carbocycles. The topological polar surface area (TPSA) is 70.6 Å². The van der Waals surface area contributed by atoms with Crippen molar-refractivity contribution in [1.29, 1.82) is 0 Å². The molecule has 4 N–H and O–H groups in total. The van der Waals surface area contributed by atoms with Crippen LogP contribution in [0, 0.1) is 5.92 Å². The van der Waals surface area contributed by atoms with Gasteiger partial charge in [0.2, 0.25) is 0 Å². The van der Waals surface area contributed by atoms with Crippen LogP contribution in [0.15, 0.2) is 5.16 Å². The van der Waals surface area contributed by atoms with Crippen LogP contribution in [0.4, 0.5) is 0 Å². The van der Waals surface area contributed by atoms with E-state index in [0.717, 1.165) is 5.92 Å². The molecule has 1 fully saturated rings. The second-order valence-electron chi connectivity index (χ2n) is 4.25. The summed E-state index contributed by atoms with van der Waals surface area (Å²) in [5, 5.41) is 14.9. The van der Waals surface area contributed by atoms with Gasteiger partial charge < -0.3 is 16.3 Å². The van der Waals surface area contributed by atoms with E-state index in [1.165, 1.54) is 25.7 Å². The van der Waals surface area contributed by atoms with Crippen molar-refractivity contribution in [3.05, 3.63) is 0 Å². The lowest BCUT2D eigenvalue weighted by Gasteiger charge is -2.24. The molecule has 0 saturated heterocycles. The molecule has 2 atom stereocenters. The van der Waals surface area contributed by atoms with Gasteiger partial charge in [0.15, 0.2) is 5.84 Å². The first kappa shape index (κ1) is 11.3. The molecule has 14 heavy (non-hydrogen) atoms. The summed E-state index contributed by atoms with van der Waals surface area (Å²) in [5.41, 5.74) is 5.50. The van der Waals surface area contributed by atoms with Gasteiger partial charge in [0, 0.05) is 6.04 Å². The van der Waals surface area contributed by atoms with E-state index in [1.54, 1.807) is 0 Å². The van der Waals surface area contributed by atoms with Crippen LogP contribution in [-0.2, 0) is 0 Å². The molecule has 0 aliphatic heterocycles. The van der Waals surface area contributed by atoms with Crippen molar-refractivity contribution in [3.8, 4) is 0 Å². The number of nitrogens with one attached hydrogen (secondary N) is 1. The maximum absolute atomic E-state index is 8.51. The predicted octanol–water partition coefficient (Wildman–Crippen LogP) is 1.29. The summed E-state index contributed by atoms with van der Waals surface area (Å²) < 4.78 is 0. The van der Waals surface area contributed by atoms with Crippen molar-refractivity contribution in [2.45, 2.75) is 51.6 Å². The monoisotopic (exact) mass is 199 g/mol. The summed E-state index contributed by atoms with van der Waals surface area (Å²) >= 11 is 0. The van der Waals surface area contributed by atoms with Gasteiger partial charge >= 0.3 is 0 Å². The van der Waals surface area contributed by atoms with Crippen LogP contribution in [0.25, 0.3) is 0 Å². The van der Waals surface area contributed by atoms with Gasteiger partial charge in [0.1, 0.15) is 0 Å². The molecule has 4 heteroatoms. The Labute approximate surface area is 85.6 Å². The smallest absolute Gasteiger partial charge is 0.156 e. The van der Waals surface area contributed by atoms with Gasteiger partial charge in [-0.25, -0.2) is 0 Å². The van der Waals surface area contributed by atoms with Crippen LogP contribution in [0.2, 0.25) is 0 Å². The summed E-state index contributed by atoms with van der Waals surface area (Å²) in [6, 6.07) is 0.406. The SMILES string of the molecule is CC(NC(C)C1CCCC1)C(N)=NO. The van der Waals surface area contributed by atoms with E-state index in [2.05, 4.69) is 17.4 Å². The Morgan fingerprint density at radius 1 is 1.43 bits per heavy atom. The van der Waals surface area contributed by atoms with Crippen molar-refractivity contribution < 1.29 is 5.21 Å². The molecule has 82 valence electrons. The summed E-state index contributed by atoms with van der Waals surface area (Å²) in [4.78, 5) is 0. The highest BCUT2D eigenvalue weighted by Gasteiger charge is 2.23. The standard InChI is InChI=1S/C10H21N3O/c1-7(9-5-3-4-6-9)12-8(2)10(11)13-14/h7-9,12,14H,3-6H2,1-2H3,(H2,11,13). The fourth-order valence-electron chi connectivity index (χ4n) is 2.16.